The average Bonchev–Trinajstić information content (AvgIpc) is 2.60. The zero-order chi connectivity index (χ0) is 16.7. The fraction of sp³-hybridized carbons (Fsp3) is 0.455. The number of rotatable bonds is 8. The zero-order valence-electron chi connectivity index (χ0n) is 13.2. The van der Waals surface area contributed by atoms with Gasteiger partial charge in [-0.25, -0.2) is 0 Å². The van der Waals surface area contributed by atoms with Gasteiger partial charge in [-0.15, -0.1) is 0 Å². The summed E-state index contributed by atoms with van der Waals surface area (Å²) >= 11 is 0. The van der Waals surface area contributed by atoms with E-state index in [-0.39, 0.29) is 18.8 Å². The smallest absolute Gasteiger partial charge is 0.325 e. The van der Waals surface area contributed by atoms with E-state index in [0.717, 1.165) is 0 Å². The molecule has 12 nitrogen and oxygen atoms in total. The second-order valence-corrected chi connectivity index (χ2v) is 3.94. The van der Waals surface area contributed by atoms with Gasteiger partial charge in [0, 0.05) is 28.2 Å². The molecule has 0 saturated carbocycles. The fourth-order valence-corrected chi connectivity index (χ4v) is 1.42. The summed E-state index contributed by atoms with van der Waals surface area (Å²) < 4.78 is 10.7. The second-order valence-electron chi connectivity index (χ2n) is 3.94. The van der Waals surface area contributed by atoms with Crippen molar-refractivity contribution in [2.24, 2.45) is 0 Å². The number of nitrogens with zero attached hydrogens (tertiary/aromatic N) is 6. The van der Waals surface area contributed by atoms with Crippen molar-refractivity contribution in [3.05, 3.63) is 0 Å². The van der Waals surface area contributed by atoms with Gasteiger partial charge in [0.2, 0.25) is 30.6 Å². The van der Waals surface area contributed by atoms with Crippen LogP contribution in [0.25, 0.3) is 0 Å². The van der Waals surface area contributed by atoms with E-state index in [1.54, 1.807) is 28.2 Å². The van der Waals surface area contributed by atoms with Gasteiger partial charge in [-0.2, -0.15) is 29.9 Å². The maximum atomic E-state index is 5.34. The third-order valence-corrected chi connectivity index (χ3v) is 2.50. The van der Waals surface area contributed by atoms with Crippen molar-refractivity contribution in [2.75, 3.05) is 56.3 Å². The van der Waals surface area contributed by atoms with E-state index in [0.29, 0.717) is 23.8 Å². The first kappa shape index (κ1) is 16.2. The Morgan fingerprint density at radius 3 is 1.13 bits per heavy atom. The lowest BCUT2D eigenvalue weighted by molar-refractivity contribution is 0.101. The van der Waals surface area contributed by atoms with Gasteiger partial charge in [-0.3, -0.25) is 0 Å². The summed E-state index contributed by atoms with van der Waals surface area (Å²) in [5.41, 5.74) is 0. The van der Waals surface area contributed by atoms with Crippen molar-refractivity contribution in [1.82, 2.24) is 29.9 Å². The summed E-state index contributed by atoms with van der Waals surface area (Å²) in [5, 5.41) is 11.2. The Kier molecular flexibility index (Phi) is 5.44. The van der Waals surface area contributed by atoms with Crippen LogP contribution in [0.5, 0.6) is 12.0 Å². The highest BCUT2D eigenvalue weighted by Gasteiger charge is 2.08. The Hall–Kier alpha value is -3.18. The van der Waals surface area contributed by atoms with Crippen LogP contribution in [-0.4, -0.2) is 64.9 Å². The van der Waals surface area contributed by atoms with Crippen LogP contribution in [-0.2, 0) is 0 Å². The molecule has 23 heavy (non-hydrogen) atoms. The molecule has 0 amide bonds. The monoisotopic (exact) mass is 322 g/mol. The average molecular weight is 322 g/mol. The molecule has 0 saturated heterocycles. The molecule has 4 N–H and O–H groups in total. The van der Waals surface area contributed by atoms with E-state index >= 15 is 0 Å². The number of ether oxygens (including phenoxy) is 2. The first-order valence-corrected chi connectivity index (χ1v) is 6.67. The molecule has 0 fully saturated rings. The standard InChI is InChI=1S/C11H18N10O2/c1-12-6-16-7(13-2)19-10(18-6)22-5-23-11-20-8(14-3)17-9(15-4)21-11/h5H2,1-4H3,(H2,12,13,16,18,19)(H2,14,15,17,20,21). The van der Waals surface area contributed by atoms with Crippen LogP contribution in [0.15, 0.2) is 0 Å². The largest absolute Gasteiger partial charge is 0.425 e. The van der Waals surface area contributed by atoms with Crippen LogP contribution in [0, 0.1) is 0 Å². The quantitative estimate of drug-likeness (QED) is 0.471. The summed E-state index contributed by atoms with van der Waals surface area (Å²) in [6.45, 7) is -0.174. The summed E-state index contributed by atoms with van der Waals surface area (Å²) in [4.78, 5) is 24.3. The van der Waals surface area contributed by atoms with Crippen molar-refractivity contribution in [2.45, 2.75) is 0 Å². The van der Waals surface area contributed by atoms with Crippen LogP contribution in [0.1, 0.15) is 0 Å². The van der Waals surface area contributed by atoms with Gasteiger partial charge >= 0.3 is 12.0 Å². The van der Waals surface area contributed by atoms with Crippen LogP contribution in [0.3, 0.4) is 0 Å². The highest BCUT2D eigenvalue weighted by molar-refractivity contribution is 5.35. The first-order chi connectivity index (χ1) is 11.2. The lowest BCUT2D eigenvalue weighted by Crippen LogP contribution is -2.13. The zero-order valence-corrected chi connectivity index (χ0v) is 13.2. The molecule has 0 aliphatic carbocycles. The van der Waals surface area contributed by atoms with Crippen molar-refractivity contribution in [3.8, 4) is 12.0 Å². The van der Waals surface area contributed by atoms with Gasteiger partial charge in [0.15, 0.2) is 0 Å². The first-order valence-electron chi connectivity index (χ1n) is 6.67. The molecule has 124 valence electrons. The van der Waals surface area contributed by atoms with Gasteiger partial charge < -0.3 is 30.7 Å². The highest BCUT2D eigenvalue weighted by Crippen LogP contribution is 2.12. The lowest BCUT2D eigenvalue weighted by Gasteiger charge is -2.09. The molecule has 0 aliphatic rings. The van der Waals surface area contributed by atoms with Crippen molar-refractivity contribution in [3.63, 3.8) is 0 Å². The predicted octanol–water partition coefficient (Wildman–Crippen LogP) is -0.361. The van der Waals surface area contributed by atoms with E-state index in [1.807, 2.05) is 0 Å². The molecule has 0 aliphatic heterocycles. The summed E-state index contributed by atoms with van der Waals surface area (Å²) in [6, 6.07) is 0.205. The van der Waals surface area contributed by atoms with E-state index < -0.39 is 0 Å². The van der Waals surface area contributed by atoms with Crippen LogP contribution < -0.4 is 30.7 Å². The molecule has 0 unspecified atom stereocenters. The van der Waals surface area contributed by atoms with Crippen LogP contribution in [0.4, 0.5) is 23.8 Å². The topological polar surface area (TPSA) is 144 Å². The highest BCUT2D eigenvalue weighted by atomic mass is 16.7. The molecule has 0 atom stereocenters. The minimum atomic E-state index is -0.174. The Labute approximate surface area is 132 Å². The van der Waals surface area contributed by atoms with E-state index in [4.69, 9.17) is 9.47 Å². The maximum Gasteiger partial charge on any atom is 0.325 e. The number of aromatic nitrogens is 6. The van der Waals surface area contributed by atoms with Gasteiger partial charge in [0.1, 0.15) is 0 Å². The molecule has 0 aromatic carbocycles. The van der Waals surface area contributed by atoms with E-state index in [2.05, 4.69) is 51.2 Å². The molecular formula is C11H18N10O2. The summed E-state index contributed by atoms with van der Waals surface area (Å²) in [7, 11) is 6.77. The fourth-order valence-electron chi connectivity index (χ4n) is 1.42. The molecule has 12 heteroatoms. The van der Waals surface area contributed by atoms with Gasteiger partial charge in [-0.05, 0) is 0 Å². The summed E-state index contributed by atoms with van der Waals surface area (Å²) in [5.74, 6) is 1.48. The number of hydrogen-bond donors (Lipinski definition) is 4. The Bertz CT molecular complexity index is 553. The SMILES string of the molecule is CNc1nc(NC)nc(OCOc2nc(NC)nc(NC)n2)n1. The van der Waals surface area contributed by atoms with Crippen molar-refractivity contribution < 1.29 is 9.47 Å². The summed E-state index contributed by atoms with van der Waals surface area (Å²) in [6.07, 6.45) is 0. The van der Waals surface area contributed by atoms with Gasteiger partial charge in [-0.1, -0.05) is 0 Å². The van der Waals surface area contributed by atoms with Gasteiger partial charge in [0.05, 0.1) is 0 Å². The van der Waals surface area contributed by atoms with Crippen LogP contribution in [0.2, 0.25) is 0 Å². The minimum Gasteiger partial charge on any atom is -0.425 e. The Balaban J connectivity index is 2.02. The molecular weight excluding hydrogens is 304 g/mol. The molecule has 0 spiro atoms. The van der Waals surface area contributed by atoms with E-state index in [1.165, 1.54) is 0 Å². The van der Waals surface area contributed by atoms with E-state index in [9.17, 15) is 0 Å². The Morgan fingerprint density at radius 2 is 0.870 bits per heavy atom. The van der Waals surface area contributed by atoms with Gasteiger partial charge in [0.25, 0.3) is 0 Å². The predicted molar refractivity (Wildman–Crippen MR) is 84.0 cm³/mol. The Morgan fingerprint density at radius 1 is 0.565 bits per heavy atom. The minimum absolute atomic E-state index is 0.102. The number of hydrogen-bond acceptors (Lipinski definition) is 12. The third kappa shape index (κ3) is 4.39. The molecule has 0 bridgehead atoms. The second kappa shape index (κ2) is 7.72. The molecule has 2 aromatic heterocycles. The molecule has 2 aromatic rings. The maximum absolute atomic E-state index is 5.34. The number of anilines is 4. The van der Waals surface area contributed by atoms with Crippen LogP contribution >= 0.6 is 0 Å². The third-order valence-electron chi connectivity index (χ3n) is 2.50. The lowest BCUT2D eigenvalue weighted by atomic mass is 10.8. The van der Waals surface area contributed by atoms with Crippen molar-refractivity contribution in [1.29, 1.82) is 0 Å². The number of nitrogens with one attached hydrogen (secondary N) is 4. The molecule has 0 radical (unpaired) electrons. The molecule has 2 rings (SSSR count). The molecule has 2 heterocycles. The normalized spacial score (nSPS) is 9.91. The van der Waals surface area contributed by atoms with Crippen molar-refractivity contribution >= 4 is 23.8 Å².